The van der Waals surface area contributed by atoms with Gasteiger partial charge in [0.15, 0.2) is 12.3 Å². The Labute approximate surface area is 155 Å². The van der Waals surface area contributed by atoms with E-state index in [1.54, 1.807) is 6.07 Å². The number of imidazole rings is 1. The number of ether oxygens (including phenoxy) is 1. The summed E-state index contributed by atoms with van der Waals surface area (Å²) in [5.74, 6) is -1.53. The Morgan fingerprint density at radius 1 is 1.11 bits per heavy atom. The molecule has 1 heterocycles. The largest absolute Gasteiger partial charge is 0.451 e. The molecule has 0 saturated carbocycles. The molecule has 0 aliphatic rings. The molecule has 0 spiro atoms. The van der Waals surface area contributed by atoms with Crippen LogP contribution in [0.3, 0.4) is 0 Å². The number of amides is 1. The summed E-state index contributed by atoms with van der Waals surface area (Å²) in [5.41, 5.74) is 3.50. The number of rotatable bonds is 5. The number of carbonyl (C=O) groups excluding carboxylic acids is 2. The van der Waals surface area contributed by atoms with Crippen LogP contribution in [-0.4, -0.2) is 28.0 Å². The lowest BCUT2D eigenvalue weighted by Crippen LogP contribution is -2.22. The minimum atomic E-state index is -0.702. The molecule has 138 valence electrons. The molecule has 1 amide bonds. The Kier molecular flexibility index (Phi) is 5.30. The van der Waals surface area contributed by atoms with Crippen LogP contribution in [0.15, 0.2) is 55.0 Å². The summed E-state index contributed by atoms with van der Waals surface area (Å²) in [6, 6.07) is 11.1. The zero-order chi connectivity index (χ0) is 19.4. The lowest BCUT2D eigenvalue weighted by molar-refractivity contribution is -0.119. The van der Waals surface area contributed by atoms with Crippen LogP contribution < -0.4 is 5.32 Å². The van der Waals surface area contributed by atoms with E-state index in [0.29, 0.717) is 11.4 Å². The molecule has 1 aromatic heterocycles. The number of benzene rings is 2. The van der Waals surface area contributed by atoms with Gasteiger partial charge in [-0.15, -0.1) is 0 Å². The van der Waals surface area contributed by atoms with E-state index in [-0.39, 0.29) is 11.5 Å². The molecular formula is C20H18FN3O3. The fourth-order valence-corrected chi connectivity index (χ4v) is 2.47. The summed E-state index contributed by atoms with van der Waals surface area (Å²) >= 11 is 0. The zero-order valence-electron chi connectivity index (χ0n) is 14.9. The maximum atomic E-state index is 13.1. The van der Waals surface area contributed by atoms with Gasteiger partial charge in [0.25, 0.3) is 5.91 Å². The Morgan fingerprint density at radius 2 is 1.85 bits per heavy atom. The average molecular weight is 367 g/mol. The van der Waals surface area contributed by atoms with E-state index >= 15 is 0 Å². The van der Waals surface area contributed by atoms with Gasteiger partial charge in [0.2, 0.25) is 0 Å². The van der Waals surface area contributed by atoms with Gasteiger partial charge in [0.05, 0.1) is 12.5 Å². The fourth-order valence-electron chi connectivity index (χ4n) is 2.47. The van der Waals surface area contributed by atoms with E-state index < -0.39 is 18.5 Å². The smallest absolute Gasteiger partial charge is 0.357 e. The third kappa shape index (κ3) is 4.38. The van der Waals surface area contributed by atoms with Gasteiger partial charge in [0, 0.05) is 11.4 Å². The van der Waals surface area contributed by atoms with Gasteiger partial charge in [-0.05, 0) is 61.4 Å². The van der Waals surface area contributed by atoms with Gasteiger partial charge in [-0.3, -0.25) is 9.36 Å². The quantitative estimate of drug-likeness (QED) is 0.701. The SMILES string of the molecule is Cc1ccc(NC(=O)COC(=O)c2cncn2-c2ccc(F)cc2)cc1C. The highest BCUT2D eigenvalue weighted by atomic mass is 19.1. The first kappa shape index (κ1) is 18.3. The number of aryl methyl sites for hydroxylation is 2. The van der Waals surface area contributed by atoms with Crippen LogP contribution in [0.4, 0.5) is 10.1 Å². The summed E-state index contributed by atoms with van der Waals surface area (Å²) in [6.07, 6.45) is 2.74. The summed E-state index contributed by atoms with van der Waals surface area (Å²) in [7, 11) is 0. The van der Waals surface area contributed by atoms with Crippen LogP contribution in [0.2, 0.25) is 0 Å². The van der Waals surface area contributed by atoms with Crippen LogP contribution in [0, 0.1) is 19.7 Å². The van der Waals surface area contributed by atoms with Crippen LogP contribution in [0.1, 0.15) is 21.6 Å². The monoisotopic (exact) mass is 367 g/mol. The maximum Gasteiger partial charge on any atom is 0.357 e. The fraction of sp³-hybridized carbons (Fsp3) is 0.150. The van der Waals surface area contributed by atoms with Crippen molar-refractivity contribution in [3.8, 4) is 5.69 Å². The molecule has 0 aliphatic carbocycles. The zero-order valence-corrected chi connectivity index (χ0v) is 14.9. The van der Waals surface area contributed by atoms with E-state index in [0.717, 1.165) is 11.1 Å². The van der Waals surface area contributed by atoms with E-state index in [2.05, 4.69) is 10.3 Å². The topological polar surface area (TPSA) is 73.2 Å². The standard InChI is InChI=1S/C20H18FN3O3/c1-13-3-6-16(9-14(13)2)23-19(25)11-27-20(26)18-10-22-12-24(18)17-7-4-15(21)5-8-17/h3-10,12H,11H2,1-2H3,(H,23,25). The van der Waals surface area contributed by atoms with E-state index in [4.69, 9.17) is 4.74 Å². The van der Waals surface area contributed by atoms with Crippen LogP contribution in [0.25, 0.3) is 5.69 Å². The Bertz CT molecular complexity index is 980. The van der Waals surface area contributed by atoms with Crippen molar-refractivity contribution < 1.29 is 18.7 Å². The molecule has 0 fully saturated rings. The number of esters is 1. The average Bonchev–Trinajstić information content (AvgIpc) is 3.13. The number of aromatic nitrogens is 2. The Balaban J connectivity index is 1.63. The predicted octanol–water partition coefficient (Wildman–Crippen LogP) is 3.42. The second-order valence-electron chi connectivity index (χ2n) is 6.05. The Morgan fingerprint density at radius 3 is 2.56 bits per heavy atom. The molecule has 0 atom stereocenters. The lowest BCUT2D eigenvalue weighted by Gasteiger charge is -2.10. The normalized spacial score (nSPS) is 10.5. The number of hydrogen-bond acceptors (Lipinski definition) is 4. The van der Waals surface area contributed by atoms with Gasteiger partial charge >= 0.3 is 5.97 Å². The van der Waals surface area contributed by atoms with Gasteiger partial charge in [-0.1, -0.05) is 6.07 Å². The van der Waals surface area contributed by atoms with E-state index in [9.17, 15) is 14.0 Å². The molecule has 0 saturated heterocycles. The first-order chi connectivity index (χ1) is 12.9. The first-order valence-corrected chi connectivity index (χ1v) is 8.26. The van der Waals surface area contributed by atoms with Crippen molar-refractivity contribution in [3.63, 3.8) is 0 Å². The summed E-state index contributed by atoms with van der Waals surface area (Å²) in [6.45, 7) is 3.49. The maximum absolute atomic E-state index is 13.1. The molecule has 3 rings (SSSR count). The lowest BCUT2D eigenvalue weighted by atomic mass is 10.1. The number of halogens is 1. The van der Waals surface area contributed by atoms with Crippen molar-refractivity contribution in [2.75, 3.05) is 11.9 Å². The molecule has 0 bridgehead atoms. The van der Waals surface area contributed by atoms with Crippen LogP contribution in [0.5, 0.6) is 0 Å². The molecule has 0 unspecified atom stereocenters. The predicted molar refractivity (Wildman–Crippen MR) is 98.4 cm³/mol. The summed E-state index contributed by atoms with van der Waals surface area (Å²) in [4.78, 5) is 28.2. The molecule has 1 N–H and O–H groups in total. The molecule has 7 heteroatoms. The van der Waals surface area contributed by atoms with Crippen molar-refractivity contribution in [2.24, 2.45) is 0 Å². The van der Waals surface area contributed by atoms with Gasteiger partial charge in [-0.2, -0.15) is 0 Å². The van der Waals surface area contributed by atoms with Crippen molar-refractivity contribution >= 4 is 17.6 Å². The van der Waals surface area contributed by atoms with Crippen molar-refractivity contribution in [1.82, 2.24) is 9.55 Å². The number of anilines is 1. The number of carbonyl (C=O) groups is 2. The minimum Gasteiger partial charge on any atom is -0.451 e. The molecule has 2 aromatic carbocycles. The van der Waals surface area contributed by atoms with E-state index in [1.807, 2.05) is 26.0 Å². The molecule has 0 radical (unpaired) electrons. The first-order valence-electron chi connectivity index (χ1n) is 8.26. The Hall–Kier alpha value is -3.48. The third-order valence-electron chi connectivity index (χ3n) is 4.08. The molecular weight excluding hydrogens is 349 g/mol. The van der Waals surface area contributed by atoms with E-state index in [1.165, 1.54) is 41.4 Å². The third-order valence-corrected chi connectivity index (χ3v) is 4.08. The second kappa shape index (κ2) is 7.82. The van der Waals surface area contributed by atoms with Crippen LogP contribution >= 0.6 is 0 Å². The van der Waals surface area contributed by atoms with Gasteiger partial charge < -0.3 is 10.1 Å². The summed E-state index contributed by atoms with van der Waals surface area (Å²) in [5, 5.41) is 2.68. The highest BCUT2D eigenvalue weighted by Crippen LogP contribution is 2.15. The van der Waals surface area contributed by atoms with Crippen molar-refractivity contribution in [2.45, 2.75) is 13.8 Å². The van der Waals surface area contributed by atoms with Gasteiger partial charge in [0.1, 0.15) is 5.82 Å². The highest BCUT2D eigenvalue weighted by Gasteiger charge is 2.16. The van der Waals surface area contributed by atoms with Crippen LogP contribution in [-0.2, 0) is 9.53 Å². The number of nitrogens with zero attached hydrogens (tertiary/aromatic N) is 2. The van der Waals surface area contributed by atoms with Crippen molar-refractivity contribution in [3.05, 3.63) is 77.6 Å². The molecule has 27 heavy (non-hydrogen) atoms. The van der Waals surface area contributed by atoms with Crippen molar-refractivity contribution in [1.29, 1.82) is 0 Å². The molecule has 6 nitrogen and oxygen atoms in total. The summed E-state index contributed by atoms with van der Waals surface area (Å²) < 4.78 is 19.6. The minimum absolute atomic E-state index is 0.139. The highest BCUT2D eigenvalue weighted by molar-refractivity contribution is 5.95. The molecule has 0 aliphatic heterocycles. The van der Waals surface area contributed by atoms with Gasteiger partial charge in [-0.25, -0.2) is 14.2 Å². The number of nitrogens with one attached hydrogen (secondary N) is 1. The number of hydrogen-bond donors (Lipinski definition) is 1. The second-order valence-corrected chi connectivity index (χ2v) is 6.05. The molecule has 3 aromatic rings.